The summed E-state index contributed by atoms with van der Waals surface area (Å²) in [5, 5.41) is 19.4. The van der Waals surface area contributed by atoms with Gasteiger partial charge in [-0.1, -0.05) is 26.0 Å². The number of fused-ring (bicyclic) bond motifs is 1. The van der Waals surface area contributed by atoms with Crippen molar-refractivity contribution in [2.45, 2.75) is 77.2 Å². The molecule has 2 fully saturated rings. The lowest BCUT2D eigenvalue weighted by Crippen LogP contribution is -2.44. The van der Waals surface area contributed by atoms with Gasteiger partial charge in [-0.3, -0.25) is 0 Å². The largest absolute Gasteiger partial charge is 0.494 e. The number of ether oxygens (including phenoxy) is 5. The van der Waals surface area contributed by atoms with Gasteiger partial charge in [0.15, 0.2) is 12.1 Å². The molecule has 0 spiro atoms. The van der Waals surface area contributed by atoms with Crippen LogP contribution in [0.5, 0.6) is 5.75 Å². The Morgan fingerprint density at radius 1 is 1.14 bits per heavy atom. The van der Waals surface area contributed by atoms with E-state index in [9.17, 15) is 10.2 Å². The van der Waals surface area contributed by atoms with Gasteiger partial charge in [0.1, 0.15) is 30.2 Å². The molecule has 7 nitrogen and oxygen atoms in total. The van der Waals surface area contributed by atoms with E-state index in [1.54, 1.807) is 13.8 Å². The van der Waals surface area contributed by atoms with Crippen molar-refractivity contribution in [2.24, 2.45) is 5.92 Å². The molecule has 0 bridgehead atoms. The van der Waals surface area contributed by atoms with Crippen LogP contribution in [-0.2, 0) is 25.6 Å². The third-order valence-electron chi connectivity index (χ3n) is 4.92. The summed E-state index contributed by atoms with van der Waals surface area (Å²) < 4.78 is 29.1. The number of aliphatic hydroxyl groups excluding tert-OH is 2. The summed E-state index contributed by atoms with van der Waals surface area (Å²) in [4.78, 5) is 0. The standard InChI is InChI=1S/C21H32O7/c1-13(2)9-10-24-15-7-5-14(6-8-15)12-25-18-17(16(23)11-22)26-20-19(18)27-21(3,4)28-20/h5-8,13,16-20,22-23H,9-12H2,1-4H3/t16-,17-,18-,19+,20+/m0/s1. The van der Waals surface area contributed by atoms with Gasteiger partial charge in [0.2, 0.25) is 0 Å². The average Bonchev–Trinajstić information content (AvgIpc) is 3.12. The van der Waals surface area contributed by atoms with Gasteiger partial charge in [-0.05, 0) is 43.9 Å². The van der Waals surface area contributed by atoms with E-state index in [0.29, 0.717) is 19.1 Å². The van der Waals surface area contributed by atoms with Crippen molar-refractivity contribution < 1.29 is 33.9 Å². The molecule has 0 aliphatic carbocycles. The summed E-state index contributed by atoms with van der Waals surface area (Å²) in [7, 11) is 0. The van der Waals surface area contributed by atoms with Gasteiger partial charge < -0.3 is 33.9 Å². The lowest BCUT2D eigenvalue weighted by molar-refractivity contribution is -0.232. The Bertz CT molecular complexity index is 616. The zero-order valence-corrected chi connectivity index (χ0v) is 17.0. The predicted octanol–water partition coefficient (Wildman–Crippen LogP) is 2.23. The van der Waals surface area contributed by atoms with Crippen molar-refractivity contribution in [1.82, 2.24) is 0 Å². The Balaban J connectivity index is 1.58. The molecule has 0 aromatic heterocycles. The first-order chi connectivity index (χ1) is 13.3. The van der Waals surface area contributed by atoms with Crippen LogP contribution in [0.2, 0.25) is 0 Å². The number of rotatable bonds is 9. The first kappa shape index (κ1) is 21.5. The molecule has 28 heavy (non-hydrogen) atoms. The second-order valence-electron chi connectivity index (χ2n) is 8.27. The highest BCUT2D eigenvalue weighted by Gasteiger charge is 2.56. The Kier molecular flexibility index (Phi) is 6.96. The summed E-state index contributed by atoms with van der Waals surface area (Å²) >= 11 is 0. The van der Waals surface area contributed by atoms with Crippen molar-refractivity contribution in [3.05, 3.63) is 29.8 Å². The van der Waals surface area contributed by atoms with Gasteiger partial charge in [0.05, 0.1) is 19.8 Å². The third-order valence-corrected chi connectivity index (χ3v) is 4.92. The molecular weight excluding hydrogens is 364 g/mol. The fraction of sp³-hybridized carbons (Fsp3) is 0.714. The minimum absolute atomic E-state index is 0.321. The Morgan fingerprint density at radius 2 is 1.86 bits per heavy atom. The van der Waals surface area contributed by atoms with Crippen LogP contribution in [0.15, 0.2) is 24.3 Å². The molecule has 5 atom stereocenters. The van der Waals surface area contributed by atoms with E-state index < -0.39 is 43.1 Å². The van der Waals surface area contributed by atoms with Gasteiger partial charge in [-0.25, -0.2) is 0 Å². The van der Waals surface area contributed by atoms with Crippen LogP contribution < -0.4 is 4.74 Å². The average molecular weight is 396 g/mol. The molecule has 2 aliphatic rings. The van der Waals surface area contributed by atoms with Crippen molar-refractivity contribution in [1.29, 1.82) is 0 Å². The first-order valence-electron chi connectivity index (χ1n) is 9.92. The van der Waals surface area contributed by atoms with E-state index in [-0.39, 0.29) is 0 Å². The van der Waals surface area contributed by atoms with E-state index >= 15 is 0 Å². The summed E-state index contributed by atoms with van der Waals surface area (Å²) in [5.41, 5.74) is 0.968. The van der Waals surface area contributed by atoms with Crippen LogP contribution in [0.1, 0.15) is 39.7 Å². The van der Waals surface area contributed by atoms with E-state index in [0.717, 1.165) is 17.7 Å². The van der Waals surface area contributed by atoms with Crippen molar-refractivity contribution >= 4 is 0 Å². The molecule has 7 heteroatoms. The Hall–Kier alpha value is -1.22. The molecule has 2 aliphatic heterocycles. The maximum atomic E-state index is 10.1. The van der Waals surface area contributed by atoms with Crippen LogP contribution in [0.3, 0.4) is 0 Å². The fourth-order valence-electron chi connectivity index (χ4n) is 3.39. The molecule has 1 aromatic carbocycles. The van der Waals surface area contributed by atoms with Crippen LogP contribution in [0, 0.1) is 5.92 Å². The highest BCUT2D eigenvalue weighted by Crippen LogP contribution is 2.39. The van der Waals surface area contributed by atoms with Crippen LogP contribution in [0.25, 0.3) is 0 Å². The topological polar surface area (TPSA) is 86.6 Å². The number of aliphatic hydroxyl groups is 2. The molecule has 1 aromatic rings. The maximum absolute atomic E-state index is 10.1. The molecule has 3 rings (SSSR count). The Labute approximate surface area is 166 Å². The summed E-state index contributed by atoms with van der Waals surface area (Å²) in [6.45, 7) is 8.55. The van der Waals surface area contributed by atoms with Gasteiger partial charge in [-0.15, -0.1) is 0 Å². The van der Waals surface area contributed by atoms with Gasteiger partial charge in [0.25, 0.3) is 0 Å². The number of hydrogen-bond donors (Lipinski definition) is 2. The summed E-state index contributed by atoms with van der Waals surface area (Å²) in [6, 6.07) is 7.74. The number of hydrogen-bond acceptors (Lipinski definition) is 7. The molecule has 0 amide bonds. The second-order valence-corrected chi connectivity index (χ2v) is 8.27. The van der Waals surface area contributed by atoms with E-state index in [4.69, 9.17) is 23.7 Å². The van der Waals surface area contributed by atoms with Gasteiger partial charge in [0, 0.05) is 0 Å². The van der Waals surface area contributed by atoms with Crippen molar-refractivity contribution in [2.75, 3.05) is 13.2 Å². The summed E-state index contributed by atoms with van der Waals surface area (Å²) in [6.07, 6.45) is -2.39. The van der Waals surface area contributed by atoms with Crippen molar-refractivity contribution in [3.8, 4) is 5.75 Å². The summed E-state index contributed by atoms with van der Waals surface area (Å²) in [5.74, 6) is 0.664. The second kappa shape index (κ2) is 9.07. The van der Waals surface area contributed by atoms with Gasteiger partial charge in [-0.2, -0.15) is 0 Å². The molecule has 2 N–H and O–H groups in total. The lowest BCUT2D eigenvalue weighted by atomic mass is 10.1. The normalized spacial score (nSPS) is 29.8. The highest BCUT2D eigenvalue weighted by molar-refractivity contribution is 5.26. The predicted molar refractivity (Wildman–Crippen MR) is 102 cm³/mol. The van der Waals surface area contributed by atoms with Gasteiger partial charge >= 0.3 is 0 Å². The lowest BCUT2D eigenvalue weighted by Gasteiger charge is -2.28. The molecule has 0 saturated carbocycles. The van der Waals surface area contributed by atoms with E-state index in [1.165, 1.54) is 0 Å². The molecule has 0 radical (unpaired) electrons. The minimum atomic E-state index is -1.07. The quantitative estimate of drug-likeness (QED) is 0.662. The monoisotopic (exact) mass is 396 g/mol. The minimum Gasteiger partial charge on any atom is -0.494 e. The zero-order chi connectivity index (χ0) is 20.3. The Morgan fingerprint density at radius 3 is 2.50 bits per heavy atom. The first-order valence-corrected chi connectivity index (χ1v) is 9.92. The molecule has 0 unspecified atom stereocenters. The molecular formula is C21H32O7. The van der Waals surface area contributed by atoms with Crippen molar-refractivity contribution in [3.63, 3.8) is 0 Å². The number of benzene rings is 1. The van der Waals surface area contributed by atoms with Crippen LogP contribution >= 0.6 is 0 Å². The van der Waals surface area contributed by atoms with Crippen LogP contribution in [0.4, 0.5) is 0 Å². The van der Waals surface area contributed by atoms with E-state index in [1.807, 2.05) is 24.3 Å². The maximum Gasteiger partial charge on any atom is 0.190 e. The highest BCUT2D eigenvalue weighted by atomic mass is 16.8. The SMILES string of the molecule is CC(C)CCOc1ccc(CO[C@H]2[C@H]([C@@H](O)CO)O[C@@H]3OC(C)(C)O[C@@H]32)cc1. The van der Waals surface area contributed by atoms with Crippen LogP contribution in [-0.4, -0.2) is 59.9 Å². The molecule has 2 heterocycles. The molecule has 2 saturated heterocycles. The zero-order valence-electron chi connectivity index (χ0n) is 17.0. The van der Waals surface area contributed by atoms with E-state index in [2.05, 4.69) is 13.8 Å². The fourth-order valence-corrected chi connectivity index (χ4v) is 3.39. The third kappa shape index (κ3) is 5.23. The molecule has 158 valence electrons. The smallest absolute Gasteiger partial charge is 0.190 e.